The highest BCUT2D eigenvalue weighted by atomic mass is 32.2. The normalized spacial score (nSPS) is 15.1. The van der Waals surface area contributed by atoms with E-state index in [-0.39, 0.29) is 22.9 Å². The summed E-state index contributed by atoms with van der Waals surface area (Å²) in [5.41, 5.74) is 1.44. The van der Waals surface area contributed by atoms with Crippen LogP contribution in [0.4, 0.5) is 10.1 Å². The molecular formula is C27H28FN3O5S. The van der Waals surface area contributed by atoms with E-state index in [9.17, 15) is 22.4 Å². The van der Waals surface area contributed by atoms with E-state index in [0.29, 0.717) is 31.7 Å². The average molecular weight is 526 g/mol. The molecule has 8 nitrogen and oxygen atoms in total. The number of benzene rings is 3. The zero-order valence-electron chi connectivity index (χ0n) is 20.0. The second-order valence-corrected chi connectivity index (χ2v) is 10.5. The SMILES string of the molecule is O=C(NC(Cc1ccccc1)C(=O)Nc1ccc(S(=O)(=O)NC2CCOCC2)cc1)c1ccc(F)cc1. The smallest absolute Gasteiger partial charge is 0.251 e. The maximum atomic E-state index is 13.2. The topological polar surface area (TPSA) is 114 Å². The monoisotopic (exact) mass is 525 g/mol. The van der Waals surface area contributed by atoms with Crippen molar-refractivity contribution in [1.29, 1.82) is 0 Å². The third-order valence-corrected chi connectivity index (χ3v) is 7.52. The quantitative estimate of drug-likeness (QED) is 0.397. The lowest BCUT2D eigenvalue weighted by molar-refractivity contribution is -0.118. The molecule has 0 aromatic heterocycles. The number of halogens is 1. The Morgan fingerprint density at radius 3 is 2.22 bits per heavy atom. The van der Waals surface area contributed by atoms with Gasteiger partial charge in [0.15, 0.2) is 0 Å². The van der Waals surface area contributed by atoms with Gasteiger partial charge in [0, 0.05) is 36.9 Å². The molecule has 10 heteroatoms. The molecule has 1 atom stereocenters. The Labute approximate surface area is 215 Å². The predicted molar refractivity (Wildman–Crippen MR) is 137 cm³/mol. The van der Waals surface area contributed by atoms with Gasteiger partial charge in [-0.15, -0.1) is 0 Å². The molecular weight excluding hydrogens is 497 g/mol. The summed E-state index contributed by atoms with van der Waals surface area (Å²) < 4.78 is 46.6. The fourth-order valence-corrected chi connectivity index (χ4v) is 5.26. The van der Waals surface area contributed by atoms with Gasteiger partial charge in [-0.3, -0.25) is 9.59 Å². The second-order valence-electron chi connectivity index (χ2n) is 8.74. The van der Waals surface area contributed by atoms with E-state index in [1.165, 1.54) is 48.5 Å². The Morgan fingerprint density at radius 2 is 1.57 bits per heavy atom. The first-order valence-corrected chi connectivity index (χ1v) is 13.4. The molecule has 4 rings (SSSR count). The van der Waals surface area contributed by atoms with Crippen LogP contribution < -0.4 is 15.4 Å². The lowest BCUT2D eigenvalue weighted by atomic mass is 10.0. The van der Waals surface area contributed by atoms with Crippen LogP contribution in [-0.2, 0) is 26.0 Å². The number of hydrogen-bond acceptors (Lipinski definition) is 5. The van der Waals surface area contributed by atoms with Gasteiger partial charge in [-0.2, -0.15) is 0 Å². The predicted octanol–water partition coefficient (Wildman–Crippen LogP) is 3.26. The number of carbonyl (C=O) groups excluding carboxylic acids is 2. The second kappa shape index (κ2) is 12.1. The minimum absolute atomic E-state index is 0.0856. The summed E-state index contributed by atoms with van der Waals surface area (Å²) in [6.45, 7) is 1.03. The third kappa shape index (κ3) is 7.45. The Morgan fingerprint density at radius 1 is 0.919 bits per heavy atom. The van der Waals surface area contributed by atoms with E-state index in [4.69, 9.17) is 4.74 Å². The van der Waals surface area contributed by atoms with Crippen molar-refractivity contribution in [3.63, 3.8) is 0 Å². The Kier molecular flexibility index (Phi) is 8.65. The molecule has 0 saturated carbocycles. The van der Waals surface area contributed by atoms with Gasteiger partial charge in [0.25, 0.3) is 5.91 Å². The number of rotatable bonds is 9. The van der Waals surface area contributed by atoms with E-state index in [2.05, 4.69) is 15.4 Å². The van der Waals surface area contributed by atoms with Gasteiger partial charge in [0.05, 0.1) is 4.90 Å². The van der Waals surface area contributed by atoms with Crippen LogP contribution in [0.15, 0.2) is 83.8 Å². The van der Waals surface area contributed by atoms with Crippen molar-refractivity contribution in [2.24, 2.45) is 0 Å². The fraction of sp³-hybridized carbons (Fsp3) is 0.259. The summed E-state index contributed by atoms with van der Waals surface area (Å²) in [5.74, 6) is -1.46. The molecule has 1 fully saturated rings. The molecule has 0 spiro atoms. The number of sulfonamides is 1. The van der Waals surface area contributed by atoms with Gasteiger partial charge in [-0.1, -0.05) is 30.3 Å². The highest BCUT2D eigenvalue weighted by Gasteiger charge is 2.24. The first-order chi connectivity index (χ1) is 17.8. The summed E-state index contributed by atoms with van der Waals surface area (Å²) in [4.78, 5) is 26.0. The van der Waals surface area contributed by atoms with Crippen LogP contribution >= 0.6 is 0 Å². The van der Waals surface area contributed by atoms with E-state index >= 15 is 0 Å². The zero-order valence-corrected chi connectivity index (χ0v) is 20.8. The molecule has 0 bridgehead atoms. The average Bonchev–Trinajstić information content (AvgIpc) is 2.90. The number of nitrogens with one attached hydrogen (secondary N) is 3. The van der Waals surface area contributed by atoms with Crippen LogP contribution in [0.2, 0.25) is 0 Å². The number of hydrogen-bond donors (Lipinski definition) is 3. The van der Waals surface area contributed by atoms with Gasteiger partial charge in [-0.25, -0.2) is 17.5 Å². The number of ether oxygens (including phenoxy) is 1. The summed E-state index contributed by atoms with van der Waals surface area (Å²) in [5, 5.41) is 5.46. The van der Waals surface area contributed by atoms with Crippen molar-refractivity contribution in [2.75, 3.05) is 18.5 Å². The van der Waals surface area contributed by atoms with E-state index in [0.717, 1.165) is 5.56 Å². The maximum absolute atomic E-state index is 13.2. The van der Waals surface area contributed by atoms with Crippen molar-refractivity contribution in [3.05, 3.63) is 95.8 Å². The molecule has 3 N–H and O–H groups in total. The number of carbonyl (C=O) groups is 2. The molecule has 1 aliphatic rings. The first kappa shape index (κ1) is 26.5. The zero-order chi connectivity index (χ0) is 26.3. The third-order valence-electron chi connectivity index (χ3n) is 5.99. The van der Waals surface area contributed by atoms with Crippen molar-refractivity contribution in [1.82, 2.24) is 10.0 Å². The highest BCUT2D eigenvalue weighted by molar-refractivity contribution is 7.89. The number of anilines is 1. The summed E-state index contributed by atoms with van der Waals surface area (Å²) in [7, 11) is -3.71. The minimum Gasteiger partial charge on any atom is -0.381 e. The van der Waals surface area contributed by atoms with Crippen LogP contribution in [0, 0.1) is 5.82 Å². The van der Waals surface area contributed by atoms with E-state index < -0.39 is 33.7 Å². The van der Waals surface area contributed by atoms with Crippen molar-refractivity contribution < 1.29 is 27.1 Å². The Hall–Kier alpha value is -3.60. The molecule has 3 aromatic carbocycles. The summed E-state index contributed by atoms with van der Waals surface area (Å²) >= 11 is 0. The fourth-order valence-electron chi connectivity index (χ4n) is 3.95. The molecule has 1 saturated heterocycles. The van der Waals surface area contributed by atoms with Crippen molar-refractivity contribution in [2.45, 2.75) is 36.2 Å². The molecule has 1 heterocycles. The van der Waals surface area contributed by atoms with Gasteiger partial charge >= 0.3 is 0 Å². The highest BCUT2D eigenvalue weighted by Crippen LogP contribution is 2.17. The van der Waals surface area contributed by atoms with Gasteiger partial charge in [0.1, 0.15) is 11.9 Å². The van der Waals surface area contributed by atoms with E-state index in [1.54, 1.807) is 0 Å². The molecule has 2 amide bonds. The van der Waals surface area contributed by atoms with Crippen LogP contribution in [0.3, 0.4) is 0 Å². The molecule has 0 radical (unpaired) electrons. The molecule has 0 aliphatic carbocycles. The summed E-state index contributed by atoms with van der Waals surface area (Å²) in [6.07, 6.45) is 1.45. The summed E-state index contributed by atoms with van der Waals surface area (Å²) in [6, 6.07) is 19.0. The molecule has 3 aromatic rings. The Balaban J connectivity index is 1.45. The van der Waals surface area contributed by atoms with Gasteiger partial charge in [0.2, 0.25) is 15.9 Å². The lowest BCUT2D eigenvalue weighted by Gasteiger charge is -2.23. The molecule has 194 valence electrons. The molecule has 1 aliphatic heterocycles. The van der Waals surface area contributed by atoms with E-state index in [1.807, 2.05) is 30.3 Å². The maximum Gasteiger partial charge on any atom is 0.251 e. The minimum atomic E-state index is -3.71. The standard InChI is InChI=1S/C27H28FN3O5S/c28-21-8-6-20(7-9-21)26(32)30-25(18-19-4-2-1-3-5-19)27(33)29-22-10-12-24(13-11-22)37(34,35)31-23-14-16-36-17-15-23/h1-13,23,25,31H,14-18H2,(H,29,33)(H,30,32). The molecule has 1 unspecified atom stereocenters. The van der Waals surface area contributed by atoms with Crippen molar-refractivity contribution >= 4 is 27.5 Å². The Bertz CT molecular complexity index is 1310. The largest absolute Gasteiger partial charge is 0.381 e. The number of amides is 2. The van der Waals surface area contributed by atoms with Crippen molar-refractivity contribution in [3.8, 4) is 0 Å². The van der Waals surface area contributed by atoms with Crippen LogP contribution in [0.1, 0.15) is 28.8 Å². The van der Waals surface area contributed by atoms with Crippen LogP contribution in [-0.4, -0.2) is 45.5 Å². The first-order valence-electron chi connectivity index (χ1n) is 11.9. The van der Waals surface area contributed by atoms with Crippen LogP contribution in [0.25, 0.3) is 0 Å². The van der Waals surface area contributed by atoms with Gasteiger partial charge in [-0.05, 0) is 66.9 Å². The molecule has 37 heavy (non-hydrogen) atoms. The van der Waals surface area contributed by atoms with Gasteiger partial charge < -0.3 is 15.4 Å². The lowest BCUT2D eigenvalue weighted by Crippen LogP contribution is -2.45. The van der Waals surface area contributed by atoms with Crippen LogP contribution in [0.5, 0.6) is 0 Å².